The van der Waals surface area contributed by atoms with E-state index in [-0.39, 0.29) is 24.4 Å². The van der Waals surface area contributed by atoms with Crippen LogP contribution in [0.3, 0.4) is 0 Å². The van der Waals surface area contributed by atoms with Crippen LogP contribution in [0.2, 0.25) is 0 Å². The summed E-state index contributed by atoms with van der Waals surface area (Å²) in [5.74, 6) is -0.269. The average Bonchev–Trinajstić information content (AvgIpc) is 3.00. The summed E-state index contributed by atoms with van der Waals surface area (Å²) in [4.78, 5) is 32.8. The summed E-state index contributed by atoms with van der Waals surface area (Å²) in [5.41, 5.74) is 1.31. The number of carbonyl (C=O) groups is 2. The highest BCUT2D eigenvalue weighted by Crippen LogP contribution is 2.39. The van der Waals surface area contributed by atoms with Gasteiger partial charge in [-0.3, -0.25) is 14.5 Å². The molecule has 140 valence electrons. The second-order valence-corrected chi connectivity index (χ2v) is 8.10. The quantitative estimate of drug-likeness (QED) is 0.816. The van der Waals surface area contributed by atoms with E-state index in [9.17, 15) is 9.59 Å². The van der Waals surface area contributed by atoms with E-state index in [1.807, 2.05) is 24.3 Å². The zero-order valence-electron chi connectivity index (χ0n) is 15.2. The maximum Gasteiger partial charge on any atom is 0.261 e. The second-order valence-electron chi connectivity index (χ2n) is 7.07. The summed E-state index contributed by atoms with van der Waals surface area (Å²) < 4.78 is 0. The number of carbonyl (C=O) groups excluding carboxylic acids is 2. The smallest absolute Gasteiger partial charge is 0.261 e. The Hall–Kier alpha value is -2.34. The van der Waals surface area contributed by atoms with Crippen LogP contribution in [0.25, 0.3) is 0 Å². The Morgan fingerprint density at radius 3 is 2.70 bits per heavy atom. The van der Waals surface area contributed by atoms with Gasteiger partial charge >= 0.3 is 0 Å². The van der Waals surface area contributed by atoms with Gasteiger partial charge in [-0.2, -0.15) is 0 Å². The van der Waals surface area contributed by atoms with Crippen molar-refractivity contribution >= 4 is 29.3 Å². The molecule has 2 aromatic rings. The van der Waals surface area contributed by atoms with Crippen LogP contribution < -0.4 is 10.2 Å². The van der Waals surface area contributed by atoms with Gasteiger partial charge in [-0.1, -0.05) is 49.6 Å². The number of hydrogen-bond acceptors (Lipinski definition) is 4. The second kappa shape index (κ2) is 8.13. The van der Waals surface area contributed by atoms with Crippen molar-refractivity contribution < 1.29 is 9.59 Å². The van der Waals surface area contributed by atoms with Gasteiger partial charge in [0.2, 0.25) is 5.91 Å². The standard InChI is InChI=1S/C21H23N3O2S/c25-19(23-15-8-3-1-2-4-9-15)14-24-17-11-5-6-12-18(17)27-20-16(21(24)26)10-7-13-22-20/h5-7,10-13,15H,1-4,8-9,14H2,(H,23,25). The SMILES string of the molecule is O=C(CN1C(=O)c2cccnc2Sc2ccccc21)NC1CCCCCC1. The van der Waals surface area contributed by atoms with Crippen LogP contribution in [0.4, 0.5) is 5.69 Å². The molecule has 0 bridgehead atoms. The molecule has 5 nitrogen and oxygen atoms in total. The molecular formula is C21H23N3O2S. The lowest BCUT2D eigenvalue weighted by Crippen LogP contribution is -2.44. The number of nitrogens with zero attached hydrogens (tertiary/aromatic N) is 2. The lowest BCUT2D eigenvalue weighted by Gasteiger charge is -2.24. The third-order valence-corrected chi connectivity index (χ3v) is 6.22. The number of rotatable bonds is 3. The number of hydrogen-bond donors (Lipinski definition) is 1. The fourth-order valence-corrected chi connectivity index (χ4v) is 4.77. The molecule has 0 radical (unpaired) electrons. The number of para-hydroxylation sites is 1. The van der Waals surface area contributed by atoms with Crippen LogP contribution in [-0.2, 0) is 4.79 Å². The van der Waals surface area contributed by atoms with Crippen LogP contribution in [0.1, 0.15) is 48.9 Å². The van der Waals surface area contributed by atoms with Crippen LogP contribution in [0.5, 0.6) is 0 Å². The van der Waals surface area contributed by atoms with Gasteiger partial charge in [0.05, 0.1) is 11.3 Å². The highest BCUT2D eigenvalue weighted by atomic mass is 32.2. The molecule has 1 aliphatic carbocycles. The van der Waals surface area contributed by atoms with Crippen molar-refractivity contribution in [2.24, 2.45) is 0 Å². The molecule has 1 N–H and O–H groups in total. The molecule has 1 fully saturated rings. The molecule has 2 heterocycles. The number of aromatic nitrogens is 1. The Morgan fingerprint density at radius 1 is 1.11 bits per heavy atom. The molecule has 4 rings (SSSR count). The average molecular weight is 382 g/mol. The van der Waals surface area contributed by atoms with Crippen LogP contribution in [0.15, 0.2) is 52.5 Å². The van der Waals surface area contributed by atoms with Gasteiger partial charge in [-0.05, 0) is 37.1 Å². The number of fused-ring (bicyclic) bond motifs is 2. The van der Waals surface area contributed by atoms with E-state index < -0.39 is 0 Å². The summed E-state index contributed by atoms with van der Waals surface area (Å²) in [6.45, 7) is 0.0290. The van der Waals surface area contributed by atoms with Crippen molar-refractivity contribution in [2.45, 2.75) is 54.5 Å². The van der Waals surface area contributed by atoms with Crippen molar-refractivity contribution in [3.05, 3.63) is 48.2 Å². The van der Waals surface area contributed by atoms with Gasteiger partial charge in [0, 0.05) is 17.1 Å². The molecule has 0 spiro atoms. The summed E-state index contributed by atoms with van der Waals surface area (Å²) in [7, 11) is 0. The largest absolute Gasteiger partial charge is 0.352 e. The van der Waals surface area contributed by atoms with Gasteiger partial charge in [-0.25, -0.2) is 4.98 Å². The first-order valence-corrected chi connectivity index (χ1v) is 10.4. The third kappa shape index (κ3) is 4.00. The molecule has 2 aliphatic rings. The number of anilines is 1. The highest BCUT2D eigenvalue weighted by molar-refractivity contribution is 7.99. The number of benzene rings is 1. The summed E-state index contributed by atoms with van der Waals surface area (Å²) in [6, 6.07) is 11.5. The van der Waals surface area contributed by atoms with E-state index >= 15 is 0 Å². The van der Waals surface area contributed by atoms with Gasteiger partial charge in [-0.15, -0.1) is 0 Å². The molecular weight excluding hydrogens is 358 g/mol. The number of amides is 2. The molecule has 0 unspecified atom stereocenters. The summed E-state index contributed by atoms with van der Waals surface area (Å²) >= 11 is 1.47. The fourth-order valence-electron chi connectivity index (χ4n) is 3.76. The van der Waals surface area contributed by atoms with E-state index in [1.165, 1.54) is 24.6 Å². The predicted molar refractivity (Wildman–Crippen MR) is 106 cm³/mol. The van der Waals surface area contributed by atoms with Crippen molar-refractivity contribution in [1.29, 1.82) is 0 Å². The lowest BCUT2D eigenvalue weighted by atomic mass is 10.1. The fraction of sp³-hybridized carbons (Fsp3) is 0.381. The maximum atomic E-state index is 13.2. The maximum absolute atomic E-state index is 13.2. The predicted octanol–water partition coefficient (Wildman–Crippen LogP) is 4.03. The minimum absolute atomic E-state index is 0.0290. The van der Waals surface area contributed by atoms with Crippen molar-refractivity contribution in [3.63, 3.8) is 0 Å². The molecule has 27 heavy (non-hydrogen) atoms. The van der Waals surface area contributed by atoms with Crippen molar-refractivity contribution in [3.8, 4) is 0 Å². The molecule has 2 amide bonds. The molecule has 1 aliphatic heterocycles. The first kappa shape index (κ1) is 18.0. The van der Waals surface area contributed by atoms with E-state index in [2.05, 4.69) is 10.3 Å². The summed E-state index contributed by atoms with van der Waals surface area (Å²) in [5, 5.41) is 3.83. The Morgan fingerprint density at radius 2 is 1.89 bits per heavy atom. The van der Waals surface area contributed by atoms with Crippen LogP contribution >= 0.6 is 11.8 Å². The molecule has 1 aromatic heterocycles. The molecule has 0 atom stereocenters. The molecule has 1 aromatic carbocycles. The third-order valence-electron chi connectivity index (χ3n) is 5.13. The van der Waals surface area contributed by atoms with Gasteiger partial charge in [0.1, 0.15) is 11.6 Å². The first-order valence-electron chi connectivity index (χ1n) is 9.55. The summed E-state index contributed by atoms with van der Waals surface area (Å²) in [6.07, 6.45) is 8.54. The van der Waals surface area contributed by atoms with Gasteiger partial charge in [0.25, 0.3) is 5.91 Å². The highest BCUT2D eigenvalue weighted by Gasteiger charge is 2.29. The van der Waals surface area contributed by atoms with E-state index in [0.717, 1.165) is 36.3 Å². The lowest BCUT2D eigenvalue weighted by molar-refractivity contribution is -0.120. The number of pyridine rings is 1. The zero-order valence-corrected chi connectivity index (χ0v) is 16.0. The van der Waals surface area contributed by atoms with Crippen LogP contribution in [0, 0.1) is 0 Å². The van der Waals surface area contributed by atoms with Gasteiger partial charge in [0.15, 0.2) is 0 Å². The van der Waals surface area contributed by atoms with E-state index in [4.69, 9.17) is 0 Å². The van der Waals surface area contributed by atoms with Crippen molar-refractivity contribution in [2.75, 3.05) is 11.4 Å². The Bertz CT molecular complexity index is 847. The molecule has 6 heteroatoms. The monoisotopic (exact) mass is 381 g/mol. The Balaban J connectivity index is 1.58. The van der Waals surface area contributed by atoms with Crippen molar-refractivity contribution in [1.82, 2.24) is 10.3 Å². The zero-order chi connectivity index (χ0) is 18.6. The Labute approximate surface area is 163 Å². The topological polar surface area (TPSA) is 62.3 Å². The minimum atomic E-state index is -0.174. The van der Waals surface area contributed by atoms with Crippen LogP contribution in [-0.4, -0.2) is 29.4 Å². The number of nitrogens with one attached hydrogen (secondary N) is 1. The van der Waals surface area contributed by atoms with E-state index in [1.54, 1.807) is 23.2 Å². The Kier molecular flexibility index (Phi) is 5.43. The molecule has 1 saturated carbocycles. The minimum Gasteiger partial charge on any atom is -0.352 e. The first-order chi connectivity index (χ1) is 13.2. The van der Waals surface area contributed by atoms with E-state index in [0.29, 0.717) is 10.6 Å². The van der Waals surface area contributed by atoms with Gasteiger partial charge < -0.3 is 5.32 Å². The normalized spacial score (nSPS) is 17.5. The molecule has 0 saturated heterocycles.